The molecule has 1 aromatic rings. The number of nitrogens with one attached hydrogen (secondary N) is 1. The molecule has 3 nitrogen and oxygen atoms in total. The van der Waals surface area contributed by atoms with Gasteiger partial charge in [-0.1, -0.05) is 6.92 Å². The van der Waals surface area contributed by atoms with E-state index in [0.29, 0.717) is 18.1 Å². The number of nitrogens with zero attached hydrogens (tertiary/aromatic N) is 1. The van der Waals surface area contributed by atoms with Gasteiger partial charge < -0.3 is 10.1 Å². The summed E-state index contributed by atoms with van der Waals surface area (Å²) < 4.78 is 5.78. The second-order valence-corrected chi connectivity index (χ2v) is 5.79. The van der Waals surface area contributed by atoms with Gasteiger partial charge in [0, 0.05) is 30.4 Å². The molecule has 0 aromatic carbocycles. The summed E-state index contributed by atoms with van der Waals surface area (Å²) in [6.07, 6.45) is 3.73. The van der Waals surface area contributed by atoms with Gasteiger partial charge in [0.05, 0.1) is 16.8 Å². The molecule has 1 aliphatic rings. The molecule has 1 saturated heterocycles. The van der Waals surface area contributed by atoms with Gasteiger partial charge in [0.2, 0.25) is 0 Å². The number of likely N-dealkylation sites (N-methyl/N-ethyl adjacent to an activating group) is 1. The zero-order chi connectivity index (χ0) is 12.3. The number of aromatic nitrogens is 1. The quantitative estimate of drug-likeness (QED) is 0.876. The molecule has 0 radical (unpaired) electrons. The number of thiazole rings is 1. The third-order valence-corrected chi connectivity index (χ3v) is 4.47. The summed E-state index contributed by atoms with van der Waals surface area (Å²) in [7, 11) is 2.05. The fourth-order valence-electron chi connectivity index (χ4n) is 2.74. The van der Waals surface area contributed by atoms with E-state index in [2.05, 4.69) is 36.6 Å². The Hall–Kier alpha value is -0.450. The maximum absolute atomic E-state index is 5.78. The lowest BCUT2D eigenvalue weighted by Gasteiger charge is -2.26. The Morgan fingerprint density at radius 3 is 3.06 bits per heavy atom. The van der Waals surface area contributed by atoms with E-state index in [9.17, 15) is 0 Å². The van der Waals surface area contributed by atoms with Crippen LogP contribution in [0.15, 0.2) is 5.38 Å². The highest BCUT2D eigenvalue weighted by Crippen LogP contribution is 2.28. The van der Waals surface area contributed by atoms with Gasteiger partial charge >= 0.3 is 0 Å². The first kappa shape index (κ1) is 13.0. The molecule has 3 atom stereocenters. The van der Waals surface area contributed by atoms with Crippen LogP contribution >= 0.6 is 11.3 Å². The molecule has 2 rings (SSSR count). The highest BCUT2D eigenvalue weighted by atomic mass is 32.1. The summed E-state index contributed by atoms with van der Waals surface area (Å²) in [6, 6.07) is 0.490. The molecule has 2 heterocycles. The first-order valence-corrected chi connectivity index (χ1v) is 7.32. The second-order valence-electron chi connectivity index (χ2n) is 4.73. The lowest BCUT2D eigenvalue weighted by Crippen LogP contribution is -2.39. The van der Waals surface area contributed by atoms with Crippen LogP contribution in [0, 0.1) is 12.8 Å². The zero-order valence-corrected chi connectivity index (χ0v) is 11.7. The molecule has 1 N–H and O–H groups in total. The van der Waals surface area contributed by atoms with Crippen molar-refractivity contribution in [3.63, 3.8) is 0 Å². The van der Waals surface area contributed by atoms with E-state index >= 15 is 0 Å². The van der Waals surface area contributed by atoms with Crippen molar-refractivity contribution in [1.82, 2.24) is 10.3 Å². The van der Waals surface area contributed by atoms with Crippen LogP contribution in [0.5, 0.6) is 0 Å². The van der Waals surface area contributed by atoms with Crippen molar-refractivity contribution in [2.45, 2.75) is 45.3 Å². The predicted molar refractivity (Wildman–Crippen MR) is 71.5 cm³/mol. The predicted octanol–water partition coefficient (Wildman–Crippen LogP) is 2.40. The average molecular weight is 254 g/mol. The maximum Gasteiger partial charge on any atom is 0.0897 e. The minimum absolute atomic E-state index is 0.423. The van der Waals surface area contributed by atoms with Gasteiger partial charge in [0.1, 0.15) is 0 Å². The number of rotatable bonds is 5. The van der Waals surface area contributed by atoms with Crippen molar-refractivity contribution in [3.8, 4) is 0 Å². The van der Waals surface area contributed by atoms with Gasteiger partial charge in [-0.2, -0.15) is 0 Å². The van der Waals surface area contributed by atoms with Crippen LogP contribution in [0.3, 0.4) is 0 Å². The third-order valence-electron chi connectivity index (χ3n) is 3.65. The van der Waals surface area contributed by atoms with Crippen LogP contribution in [0.4, 0.5) is 0 Å². The Balaban J connectivity index is 2.00. The molecular weight excluding hydrogens is 232 g/mol. The molecule has 3 unspecified atom stereocenters. The van der Waals surface area contributed by atoms with E-state index in [1.54, 1.807) is 11.3 Å². The summed E-state index contributed by atoms with van der Waals surface area (Å²) in [6.45, 7) is 5.19. The van der Waals surface area contributed by atoms with Gasteiger partial charge in [-0.05, 0) is 26.8 Å². The van der Waals surface area contributed by atoms with E-state index in [0.717, 1.165) is 24.5 Å². The van der Waals surface area contributed by atoms with E-state index in [-0.39, 0.29) is 0 Å². The minimum atomic E-state index is 0.423. The van der Waals surface area contributed by atoms with Crippen molar-refractivity contribution in [1.29, 1.82) is 0 Å². The molecule has 1 aromatic heterocycles. The summed E-state index contributed by atoms with van der Waals surface area (Å²) in [5.74, 6) is 0.631. The molecular formula is C13H22N2OS. The Labute approximate surface area is 108 Å². The lowest BCUT2D eigenvalue weighted by molar-refractivity contribution is 0.0782. The topological polar surface area (TPSA) is 34.1 Å². The van der Waals surface area contributed by atoms with Crippen LogP contribution in [0.25, 0.3) is 0 Å². The van der Waals surface area contributed by atoms with Crippen LogP contribution in [-0.4, -0.2) is 30.8 Å². The van der Waals surface area contributed by atoms with Crippen molar-refractivity contribution in [3.05, 3.63) is 16.1 Å². The van der Waals surface area contributed by atoms with Crippen LogP contribution in [0.2, 0.25) is 0 Å². The van der Waals surface area contributed by atoms with Crippen LogP contribution < -0.4 is 5.32 Å². The first-order chi connectivity index (χ1) is 8.24. The molecule has 17 heavy (non-hydrogen) atoms. The summed E-state index contributed by atoms with van der Waals surface area (Å²) in [5, 5.41) is 6.78. The average Bonchev–Trinajstić information content (AvgIpc) is 2.94. The zero-order valence-electron chi connectivity index (χ0n) is 10.9. The fourth-order valence-corrected chi connectivity index (χ4v) is 3.37. The third kappa shape index (κ3) is 3.06. The first-order valence-electron chi connectivity index (χ1n) is 6.44. The molecule has 0 spiro atoms. The van der Waals surface area contributed by atoms with E-state index in [4.69, 9.17) is 4.74 Å². The van der Waals surface area contributed by atoms with Gasteiger partial charge in [-0.25, -0.2) is 4.98 Å². The summed E-state index contributed by atoms with van der Waals surface area (Å²) >= 11 is 1.74. The maximum atomic E-state index is 5.78. The Kier molecular flexibility index (Phi) is 4.54. The molecule has 1 fully saturated rings. The Bertz CT molecular complexity index is 353. The molecule has 96 valence electrons. The van der Waals surface area contributed by atoms with E-state index in [1.807, 2.05) is 0 Å². The standard InChI is InChI=1S/C13H22N2OS/c1-4-13-11(5-6-16-13)12(14-3)7-10-8-17-9(2)15-10/h8,11-14H,4-7H2,1-3H3. The molecule has 0 aliphatic carbocycles. The highest BCUT2D eigenvalue weighted by Gasteiger charge is 2.33. The minimum Gasteiger partial charge on any atom is -0.378 e. The van der Waals surface area contributed by atoms with Crippen molar-refractivity contribution in [2.24, 2.45) is 5.92 Å². The summed E-state index contributed by atoms with van der Waals surface area (Å²) in [4.78, 5) is 4.56. The van der Waals surface area contributed by atoms with Crippen LogP contribution in [0.1, 0.15) is 30.5 Å². The van der Waals surface area contributed by atoms with Gasteiger partial charge in [0.25, 0.3) is 0 Å². The normalized spacial score (nSPS) is 26.3. The highest BCUT2D eigenvalue weighted by molar-refractivity contribution is 7.09. The largest absolute Gasteiger partial charge is 0.378 e. The number of hydrogen-bond acceptors (Lipinski definition) is 4. The number of aryl methyl sites for hydroxylation is 1. The second kappa shape index (κ2) is 5.94. The number of ether oxygens (including phenoxy) is 1. The fraction of sp³-hybridized carbons (Fsp3) is 0.769. The Morgan fingerprint density at radius 1 is 1.65 bits per heavy atom. The molecule has 4 heteroatoms. The molecule has 1 aliphatic heterocycles. The van der Waals surface area contributed by atoms with Gasteiger partial charge in [-0.3, -0.25) is 0 Å². The van der Waals surface area contributed by atoms with Crippen molar-refractivity contribution >= 4 is 11.3 Å². The molecule has 0 saturated carbocycles. The lowest BCUT2D eigenvalue weighted by atomic mass is 9.89. The van der Waals surface area contributed by atoms with Gasteiger partial charge in [-0.15, -0.1) is 11.3 Å². The van der Waals surface area contributed by atoms with Crippen molar-refractivity contribution in [2.75, 3.05) is 13.7 Å². The van der Waals surface area contributed by atoms with E-state index < -0.39 is 0 Å². The van der Waals surface area contributed by atoms with Crippen molar-refractivity contribution < 1.29 is 4.74 Å². The van der Waals surface area contributed by atoms with Gasteiger partial charge in [0.15, 0.2) is 0 Å². The smallest absolute Gasteiger partial charge is 0.0897 e. The molecule has 0 bridgehead atoms. The monoisotopic (exact) mass is 254 g/mol. The molecule has 0 amide bonds. The summed E-state index contributed by atoms with van der Waals surface area (Å²) in [5.41, 5.74) is 1.22. The number of hydrogen-bond donors (Lipinski definition) is 1. The SMILES string of the molecule is CCC1OCCC1C(Cc1csc(C)n1)NC. The van der Waals surface area contributed by atoms with Crippen LogP contribution in [-0.2, 0) is 11.2 Å². The van der Waals surface area contributed by atoms with E-state index in [1.165, 1.54) is 12.1 Å². The Morgan fingerprint density at radius 2 is 2.47 bits per heavy atom.